The van der Waals surface area contributed by atoms with Crippen molar-refractivity contribution in [1.82, 2.24) is 0 Å². The monoisotopic (exact) mass is 512 g/mol. The molecule has 2 aromatic rings. The molecule has 0 amide bonds. The lowest BCUT2D eigenvalue weighted by Crippen LogP contribution is -2.74. The highest BCUT2D eigenvalue weighted by atomic mass is 32.2. The van der Waals surface area contributed by atoms with Gasteiger partial charge in [0.05, 0.1) is 22.9 Å². The highest BCUT2D eigenvalue weighted by Gasteiger charge is 2.66. The van der Waals surface area contributed by atoms with Crippen molar-refractivity contribution in [3.63, 3.8) is 0 Å². The van der Waals surface area contributed by atoms with Crippen molar-refractivity contribution in [2.24, 2.45) is 11.8 Å². The van der Waals surface area contributed by atoms with E-state index in [2.05, 4.69) is 104 Å². The van der Waals surface area contributed by atoms with Crippen LogP contribution in [0.2, 0.25) is 0 Å². The number of hydrogen-bond acceptors (Lipinski definition) is 6. The Balaban J connectivity index is 1.39. The summed E-state index contributed by atoms with van der Waals surface area (Å²) in [6.07, 6.45) is 6.97. The van der Waals surface area contributed by atoms with Crippen LogP contribution in [-0.4, -0.2) is 22.9 Å². The third kappa shape index (κ3) is 2.62. The molecule has 6 aliphatic rings. The summed E-state index contributed by atoms with van der Waals surface area (Å²) < 4.78 is 14.6. The molecule has 1 spiro atoms. The number of ether oxygens (including phenoxy) is 2. The average molecular weight is 513 g/mol. The van der Waals surface area contributed by atoms with E-state index in [1.165, 1.54) is 43.5 Å². The zero-order valence-electron chi connectivity index (χ0n) is 20.8. The average Bonchev–Trinajstić information content (AvgIpc) is 3.53. The van der Waals surface area contributed by atoms with Crippen LogP contribution in [-0.2, 0) is 9.47 Å². The van der Waals surface area contributed by atoms with E-state index in [4.69, 9.17) is 9.47 Å². The van der Waals surface area contributed by atoms with Crippen LogP contribution in [0.5, 0.6) is 0 Å². The largest absolute Gasteiger partial charge is 0.431 e. The van der Waals surface area contributed by atoms with Crippen molar-refractivity contribution in [3.8, 4) is 0 Å². The minimum atomic E-state index is -1.07. The summed E-state index contributed by atoms with van der Waals surface area (Å²) in [5, 5.41) is 0.275. The highest BCUT2D eigenvalue weighted by Crippen LogP contribution is 2.63. The first-order chi connectivity index (χ1) is 17.5. The molecule has 2 aromatic carbocycles. The Morgan fingerprint density at radius 1 is 0.833 bits per heavy atom. The normalized spacial score (nSPS) is 35.2. The van der Waals surface area contributed by atoms with Crippen molar-refractivity contribution >= 4 is 34.9 Å². The van der Waals surface area contributed by atoms with E-state index < -0.39 is 6.03 Å². The van der Waals surface area contributed by atoms with Gasteiger partial charge in [-0.25, -0.2) is 0 Å². The van der Waals surface area contributed by atoms with Crippen molar-refractivity contribution in [2.45, 2.75) is 60.4 Å². The second kappa shape index (κ2) is 7.27. The van der Waals surface area contributed by atoms with Gasteiger partial charge in [-0.1, -0.05) is 84.1 Å². The molecule has 36 heavy (non-hydrogen) atoms. The van der Waals surface area contributed by atoms with Gasteiger partial charge < -0.3 is 4.74 Å². The van der Waals surface area contributed by atoms with E-state index in [0.29, 0.717) is 0 Å². The number of nitrogens with zero attached hydrogens (tertiary/aromatic N) is 2. The lowest BCUT2D eigenvalue weighted by Gasteiger charge is -2.59. The number of fused-ring (bicyclic) bond motifs is 11. The first-order valence-electron chi connectivity index (χ1n) is 12.7. The molecule has 6 atom stereocenters. The number of thioether (sulfide) groups is 2. The molecule has 0 bridgehead atoms. The van der Waals surface area contributed by atoms with Gasteiger partial charge in [0.25, 0.3) is 0 Å². The molecule has 0 aromatic heterocycles. The number of anilines is 2. The van der Waals surface area contributed by atoms with Gasteiger partial charge in [0.2, 0.25) is 0 Å². The van der Waals surface area contributed by atoms with Gasteiger partial charge in [-0.2, -0.15) is 0 Å². The third-order valence-corrected chi connectivity index (χ3v) is 11.1. The molecule has 182 valence electrons. The Morgan fingerprint density at radius 2 is 1.53 bits per heavy atom. The maximum absolute atomic E-state index is 7.35. The van der Waals surface area contributed by atoms with Crippen LogP contribution >= 0.6 is 23.5 Å². The van der Waals surface area contributed by atoms with Crippen LogP contribution in [0.3, 0.4) is 0 Å². The maximum Gasteiger partial charge on any atom is 0.391 e. The summed E-state index contributed by atoms with van der Waals surface area (Å²) in [7, 11) is 0. The van der Waals surface area contributed by atoms with Gasteiger partial charge in [0.1, 0.15) is 11.1 Å². The maximum atomic E-state index is 7.35. The molecule has 4 heterocycles. The fraction of sp³-hybridized carbons (Fsp3) is 0.333. The number of benzene rings is 2. The zero-order chi connectivity index (χ0) is 24.3. The molecule has 0 saturated carbocycles. The first kappa shape index (κ1) is 21.5. The number of rotatable bonds is 0. The molecular formula is C30H28N2O2S2. The second-order valence-electron chi connectivity index (χ2n) is 10.6. The minimum absolute atomic E-state index is 0.0527. The molecular weight excluding hydrogens is 484 g/mol. The number of hydrogen-bond donors (Lipinski definition) is 0. The standard InChI is InChI=1S/C30H28N2O2S2/c1-16-13-18(3)26-20(14-16)28-31(22-9-5-7-11-24(22)35-28)30(33-26)32-23-10-6-8-12-25(23)36-29(32)21-15-17(2)19(4)27(21)34-30/h5-15,19-20,26,28-29H,1-4H3. The first-order valence-corrected chi connectivity index (χ1v) is 14.5. The van der Waals surface area contributed by atoms with Crippen molar-refractivity contribution < 1.29 is 9.47 Å². The molecule has 4 aliphatic heterocycles. The van der Waals surface area contributed by atoms with E-state index in [1.54, 1.807) is 0 Å². The molecule has 8 rings (SSSR count). The second-order valence-corrected chi connectivity index (χ2v) is 12.9. The Kier molecular flexibility index (Phi) is 4.35. The minimum Gasteiger partial charge on any atom is -0.431 e. The van der Waals surface area contributed by atoms with E-state index in [0.717, 1.165) is 5.76 Å². The van der Waals surface area contributed by atoms with Gasteiger partial charge >= 0.3 is 6.03 Å². The van der Waals surface area contributed by atoms with Gasteiger partial charge in [-0.15, -0.1) is 0 Å². The SMILES string of the molecule is CC1=CC2C(OC3(OC4=C(C=C(C)C4C)C4Sc5ccccc5N43)N3c4ccccc4SC23)C(C)=C1. The van der Waals surface area contributed by atoms with E-state index in [1.807, 2.05) is 23.5 Å². The topological polar surface area (TPSA) is 24.9 Å². The fourth-order valence-corrected chi connectivity index (χ4v) is 9.47. The van der Waals surface area contributed by atoms with E-state index in [-0.39, 0.29) is 28.7 Å². The molecule has 6 heteroatoms. The molecule has 6 unspecified atom stereocenters. The summed E-state index contributed by atoms with van der Waals surface area (Å²) in [6, 6.07) is 16.4. The molecule has 1 fully saturated rings. The Labute approximate surface area is 220 Å². The number of allylic oxidation sites excluding steroid dienone is 3. The Morgan fingerprint density at radius 3 is 2.31 bits per heavy atom. The molecule has 1 saturated heterocycles. The van der Waals surface area contributed by atoms with Gasteiger partial charge in [-0.05, 0) is 50.6 Å². The fourth-order valence-electron chi connectivity index (χ4n) is 6.68. The lowest BCUT2D eigenvalue weighted by molar-refractivity contribution is -0.265. The van der Waals surface area contributed by atoms with Crippen LogP contribution in [0.4, 0.5) is 11.4 Å². The predicted molar refractivity (Wildman–Crippen MR) is 147 cm³/mol. The van der Waals surface area contributed by atoms with Crippen LogP contribution in [0.1, 0.15) is 27.7 Å². The summed E-state index contributed by atoms with van der Waals surface area (Å²) in [5.41, 5.74) is 7.58. The molecule has 0 N–H and O–H groups in total. The Hall–Kier alpha value is -2.54. The van der Waals surface area contributed by atoms with Crippen molar-refractivity contribution in [3.05, 3.63) is 94.8 Å². The van der Waals surface area contributed by atoms with E-state index >= 15 is 0 Å². The van der Waals surface area contributed by atoms with Crippen LogP contribution in [0.15, 0.2) is 105 Å². The van der Waals surface area contributed by atoms with Gasteiger partial charge in [0.15, 0.2) is 0 Å². The quantitative estimate of drug-likeness (QED) is 0.368. The van der Waals surface area contributed by atoms with Crippen molar-refractivity contribution in [1.29, 1.82) is 0 Å². The van der Waals surface area contributed by atoms with Crippen LogP contribution in [0.25, 0.3) is 0 Å². The van der Waals surface area contributed by atoms with E-state index in [9.17, 15) is 0 Å². The predicted octanol–water partition coefficient (Wildman–Crippen LogP) is 7.28. The van der Waals surface area contributed by atoms with Crippen LogP contribution < -0.4 is 9.80 Å². The smallest absolute Gasteiger partial charge is 0.391 e. The summed E-state index contributed by atoms with van der Waals surface area (Å²) in [4.78, 5) is 7.45. The molecule has 4 nitrogen and oxygen atoms in total. The molecule has 0 radical (unpaired) electrons. The van der Waals surface area contributed by atoms with Gasteiger partial charge in [-0.3, -0.25) is 14.5 Å². The third-order valence-electron chi connectivity index (χ3n) is 8.41. The Bertz CT molecular complexity index is 1460. The summed E-state index contributed by atoms with van der Waals surface area (Å²) in [5.74, 6) is 1.53. The van der Waals surface area contributed by atoms with Crippen molar-refractivity contribution in [2.75, 3.05) is 9.80 Å². The summed E-state index contributed by atoms with van der Waals surface area (Å²) in [6.45, 7) is 8.90. The summed E-state index contributed by atoms with van der Waals surface area (Å²) >= 11 is 3.87. The molecule has 2 aliphatic carbocycles. The number of para-hydroxylation sites is 2. The zero-order valence-corrected chi connectivity index (χ0v) is 22.4. The van der Waals surface area contributed by atoms with Gasteiger partial charge in [0, 0.05) is 27.2 Å². The lowest BCUT2D eigenvalue weighted by atomic mass is 9.86. The van der Waals surface area contributed by atoms with Crippen LogP contribution in [0, 0.1) is 11.8 Å². The highest BCUT2D eigenvalue weighted by molar-refractivity contribution is 8.01.